The molecule has 3 rings (SSSR count). The quantitative estimate of drug-likeness (QED) is 0.606. The van der Waals surface area contributed by atoms with Crippen molar-refractivity contribution in [3.05, 3.63) is 48.0 Å². The van der Waals surface area contributed by atoms with Gasteiger partial charge in [0.05, 0.1) is 23.7 Å². The first-order valence-corrected chi connectivity index (χ1v) is 8.16. The Morgan fingerprint density at radius 3 is 2.60 bits per heavy atom. The Morgan fingerprint density at radius 2 is 1.92 bits per heavy atom. The van der Waals surface area contributed by atoms with Crippen LogP contribution < -0.4 is 4.74 Å². The van der Waals surface area contributed by atoms with Crippen molar-refractivity contribution in [3.63, 3.8) is 0 Å². The molecular weight excluding hydrogens is 329 g/mol. The summed E-state index contributed by atoms with van der Waals surface area (Å²) in [6.45, 7) is 2.77. The minimum absolute atomic E-state index is 0.459. The molecule has 0 saturated carbocycles. The number of alkyl halides is 3. The maximum absolute atomic E-state index is 13.0. The van der Waals surface area contributed by atoms with Crippen LogP contribution in [0.5, 0.6) is 5.75 Å². The van der Waals surface area contributed by atoms with E-state index in [0.29, 0.717) is 29.2 Å². The third kappa shape index (κ3) is 3.48. The number of imidazole rings is 1. The number of unbranched alkanes of at least 4 members (excludes halogenated alkanes) is 1. The molecule has 0 bridgehead atoms. The zero-order valence-corrected chi connectivity index (χ0v) is 14.1. The fraction of sp³-hybridized carbons (Fsp3) is 0.316. The normalized spacial score (nSPS) is 11.9. The van der Waals surface area contributed by atoms with Gasteiger partial charge in [-0.05, 0) is 30.7 Å². The second-order valence-corrected chi connectivity index (χ2v) is 5.87. The molecule has 1 heterocycles. The average Bonchev–Trinajstić information content (AvgIpc) is 2.96. The van der Waals surface area contributed by atoms with E-state index >= 15 is 0 Å². The lowest BCUT2D eigenvalue weighted by Crippen LogP contribution is -2.06. The van der Waals surface area contributed by atoms with Gasteiger partial charge in [0.1, 0.15) is 11.6 Å². The van der Waals surface area contributed by atoms with Crippen molar-refractivity contribution in [2.45, 2.75) is 32.5 Å². The van der Waals surface area contributed by atoms with Gasteiger partial charge in [-0.25, -0.2) is 4.98 Å². The molecule has 0 saturated heterocycles. The van der Waals surface area contributed by atoms with E-state index < -0.39 is 11.7 Å². The first-order chi connectivity index (χ1) is 11.9. The van der Waals surface area contributed by atoms with Gasteiger partial charge in [0.15, 0.2) is 0 Å². The number of benzene rings is 2. The highest BCUT2D eigenvalue weighted by atomic mass is 19.4. The molecule has 6 heteroatoms. The van der Waals surface area contributed by atoms with E-state index in [1.54, 1.807) is 19.2 Å². The minimum atomic E-state index is -4.38. The van der Waals surface area contributed by atoms with Crippen molar-refractivity contribution < 1.29 is 17.9 Å². The van der Waals surface area contributed by atoms with E-state index in [2.05, 4.69) is 11.9 Å². The molecule has 0 spiro atoms. The standard InChI is InChI=1S/C19H19F3N2O/c1-3-4-10-24-17-9-8-15(25-2)12-16(17)23-18(24)13-6-5-7-14(11-13)19(20,21)22/h5-9,11-12H,3-4,10H2,1-2H3. The molecule has 2 aromatic carbocycles. The maximum Gasteiger partial charge on any atom is 0.416 e. The fourth-order valence-corrected chi connectivity index (χ4v) is 2.83. The summed E-state index contributed by atoms with van der Waals surface area (Å²) >= 11 is 0. The number of methoxy groups -OCH3 is 1. The molecule has 0 aliphatic heterocycles. The molecule has 0 unspecified atom stereocenters. The van der Waals surface area contributed by atoms with Gasteiger partial charge in [-0.1, -0.05) is 25.5 Å². The highest BCUT2D eigenvalue weighted by Crippen LogP contribution is 2.33. The molecule has 0 N–H and O–H groups in total. The number of rotatable bonds is 5. The number of halogens is 3. The number of aryl methyl sites for hydroxylation is 1. The molecule has 0 aliphatic rings. The number of fused-ring (bicyclic) bond motifs is 1. The molecule has 132 valence electrons. The number of hydrogen-bond donors (Lipinski definition) is 0. The second kappa shape index (κ2) is 6.78. The van der Waals surface area contributed by atoms with Crippen molar-refractivity contribution in [1.82, 2.24) is 9.55 Å². The summed E-state index contributed by atoms with van der Waals surface area (Å²) in [7, 11) is 1.57. The van der Waals surface area contributed by atoms with Gasteiger partial charge in [0.25, 0.3) is 0 Å². The van der Waals surface area contributed by atoms with Crippen molar-refractivity contribution in [1.29, 1.82) is 0 Å². The predicted molar refractivity (Wildman–Crippen MR) is 91.6 cm³/mol. The Balaban J connectivity index is 2.17. The van der Waals surface area contributed by atoms with E-state index in [0.717, 1.165) is 30.5 Å². The summed E-state index contributed by atoms with van der Waals surface area (Å²) in [5, 5.41) is 0. The van der Waals surface area contributed by atoms with Crippen LogP contribution in [0.25, 0.3) is 22.4 Å². The summed E-state index contributed by atoms with van der Waals surface area (Å²) in [5.41, 5.74) is 1.39. The lowest BCUT2D eigenvalue weighted by molar-refractivity contribution is -0.137. The van der Waals surface area contributed by atoms with Crippen molar-refractivity contribution in [2.24, 2.45) is 0 Å². The summed E-state index contributed by atoms with van der Waals surface area (Å²) in [6.07, 6.45) is -2.47. The molecule has 0 fully saturated rings. The first kappa shape index (κ1) is 17.3. The van der Waals surface area contributed by atoms with E-state index in [1.165, 1.54) is 6.07 Å². The third-order valence-electron chi connectivity index (χ3n) is 4.14. The van der Waals surface area contributed by atoms with E-state index in [4.69, 9.17) is 4.74 Å². The third-order valence-corrected chi connectivity index (χ3v) is 4.14. The fourth-order valence-electron chi connectivity index (χ4n) is 2.83. The van der Waals surface area contributed by atoms with Crippen LogP contribution in [-0.2, 0) is 12.7 Å². The molecule has 0 aliphatic carbocycles. The molecule has 25 heavy (non-hydrogen) atoms. The Kier molecular flexibility index (Phi) is 4.70. The van der Waals surface area contributed by atoms with Crippen LogP contribution >= 0.6 is 0 Å². The number of aromatic nitrogens is 2. The topological polar surface area (TPSA) is 27.1 Å². The maximum atomic E-state index is 13.0. The minimum Gasteiger partial charge on any atom is -0.497 e. The molecule has 3 nitrogen and oxygen atoms in total. The highest BCUT2D eigenvalue weighted by molar-refractivity contribution is 5.82. The Labute approximate surface area is 144 Å². The van der Waals surface area contributed by atoms with Crippen LogP contribution in [0.3, 0.4) is 0 Å². The Bertz CT molecular complexity index is 884. The Morgan fingerprint density at radius 1 is 1.12 bits per heavy atom. The monoisotopic (exact) mass is 348 g/mol. The number of hydrogen-bond acceptors (Lipinski definition) is 2. The van der Waals surface area contributed by atoms with Crippen LogP contribution in [0.4, 0.5) is 13.2 Å². The number of nitrogens with zero attached hydrogens (tertiary/aromatic N) is 2. The smallest absolute Gasteiger partial charge is 0.416 e. The van der Waals surface area contributed by atoms with Crippen LogP contribution in [-0.4, -0.2) is 16.7 Å². The van der Waals surface area contributed by atoms with Gasteiger partial charge < -0.3 is 9.30 Å². The molecule has 1 aromatic heterocycles. The van der Waals surface area contributed by atoms with Crippen LogP contribution in [0.2, 0.25) is 0 Å². The van der Waals surface area contributed by atoms with Crippen molar-refractivity contribution in [3.8, 4) is 17.1 Å². The van der Waals surface area contributed by atoms with Gasteiger partial charge in [-0.2, -0.15) is 13.2 Å². The molecule has 3 aromatic rings. The van der Waals surface area contributed by atoms with Crippen molar-refractivity contribution >= 4 is 11.0 Å². The van der Waals surface area contributed by atoms with Gasteiger partial charge in [0.2, 0.25) is 0 Å². The van der Waals surface area contributed by atoms with Gasteiger partial charge in [-0.15, -0.1) is 0 Å². The van der Waals surface area contributed by atoms with Crippen LogP contribution in [0.1, 0.15) is 25.3 Å². The summed E-state index contributed by atoms with van der Waals surface area (Å²) in [6, 6.07) is 10.8. The lowest BCUT2D eigenvalue weighted by atomic mass is 10.1. The largest absolute Gasteiger partial charge is 0.497 e. The molecular formula is C19H19F3N2O. The first-order valence-electron chi connectivity index (χ1n) is 8.16. The predicted octanol–water partition coefficient (Wildman–Crippen LogP) is 5.53. The van der Waals surface area contributed by atoms with Gasteiger partial charge in [-0.3, -0.25) is 0 Å². The number of ether oxygens (including phenoxy) is 1. The average molecular weight is 348 g/mol. The molecule has 0 atom stereocenters. The van der Waals surface area contributed by atoms with Crippen molar-refractivity contribution in [2.75, 3.05) is 7.11 Å². The van der Waals surface area contributed by atoms with E-state index in [1.807, 2.05) is 16.7 Å². The highest BCUT2D eigenvalue weighted by Gasteiger charge is 2.30. The van der Waals surface area contributed by atoms with Crippen LogP contribution in [0.15, 0.2) is 42.5 Å². The van der Waals surface area contributed by atoms with E-state index in [-0.39, 0.29) is 0 Å². The lowest BCUT2D eigenvalue weighted by Gasteiger charge is -2.11. The zero-order chi connectivity index (χ0) is 18.0. The molecule has 0 amide bonds. The SMILES string of the molecule is CCCCn1c(-c2cccc(C(F)(F)F)c2)nc2cc(OC)ccc21. The summed E-state index contributed by atoms with van der Waals surface area (Å²) < 4.78 is 46.3. The van der Waals surface area contributed by atoms with E-state index in [9.17, 15) is 13.2 Å². The summed E-state index contributed by atoms with van der Waals surface area (Å²) in [5.74, 6) is 1.21. The van der Waals surface area contributed by atoms with Crippen LogP contribution in [0, 0.1) is 0 Å². The Hall–Kier alpha value is -2.50. The second-order valence-electron chi connectivity index (χ2n) is 5.87. The summed E-state index contributed by atoms with van der Waals surface area (Å²) in [4.78, 5) is 4.58. The zero-order valence-electron chi connectivity index (χ0n) is 14.1. The van der Waals surface area contributed by atoms with Gasteiger partial charge in [0, 0.05) is 18.2 Å². The van der Waals surface area contributed by atoms with Gasteiger partial charge >= 0.3 is 6.18 Å². The molecule has 0 radical (unpaired) electrons.